The van der Waals surface area contributed by atoms with Gasteiger partial charge in [0, 0.05) is 19.3 Å². The quantitative estimate of drug-likeness (QED) is 0.851. The van der Waals surface area contributed by atoms with Crippen LogP contribution in [0.3, 0.4) is 0 Å². The van der Waals surface area contributed by atoms with Gasteiger partial charge >= 0.3 is 0 Å². The van der Waals surface area contributed by atoms with Crippen molar-refractivity contribution >= 4 is 15.9 Å². The molecule has 2 rings (SSSR count). The Balaban J connectivity index is 2.13. The van der Waals surface area contributed by atoms with Crippen LogP contribution < -0.4 is 10.5 Å². The molecule has 2 unspecified atom stereocenters. The lowest BCUT2D eigenvalue weighted by molar-refractivity contribution is 0.0929. The molecule has 3 N–H and O–H groups in total. The maximum Gasteiger partial charge on any atom is 0.268 e. The zero-order valence-electron chi connectivity index (χ0n) is 11.1. The summed E-state index contributed by atoms with van der Waals surface area (Å²) in [6.45, 7) is 2.16. The van der Waals surface area contributed by atoms with E-state index in [1.54, 1.807) is 7.05 Å². The third kappa shape index (κ3) is 3.16. The molecule has 1 fully saturated rings. The molecule has 0 saturated heterocycles. The number of rotatable bonds is 3. The van der Waals surface area contributed by atoms with Crippen molar-refractivity contribution in [1.29, 1.82) is 0 Å². The molecule has 1 aliphatic carbocycles. The van der Waals surface area contributed by atoms with E-state index in [1.807, 2.05) is 0 Å². The average Bonchev–Trinajstić information content (AvgIpc) is 2.84. The van der Waals surface area contributed by atoms with E-state index in [9.17, 15) is 13.2 Å². The number of nitrogens with zero attached hydrogens (tertiary/aromatic N) is 1. The summed E-state index contributed by atoms with van der Waals surface area (Å²) in [5, 5.41) is 7.98. The number of primary sulfonamides is 1. The lowest BCUT2D eigenvalue weighted by atomic mass is 10.1. The van der Waals surface area contributed by atoms with E-state index in [1.165, 1.54) is 16.8 Å². The van der Waals surface area contributed by atoms with Crippen molar-refractivity contribution in [3.63, 3.8) is 0 Å². The monoisotopic (exact) mass is 285 g/mol. The van der Waals surface area contributed by atoms with Crippen LogP contribution in [0.4, 0.5) is 0 Å². The van der Waals surface area contributed by atoms with Crippen LogP contribution in [0.2, 0.25) is 0 Å². The maximum atomic E-state index is 12.1. The van der Waals surface area contributed by atoms with Gasteiger partial charge in [0.2, 0.25) is 10.0 Å². The SMILES string of the molecule is CC1CCC(NC(=O)c2cc(S(N)(=O)=O)cn2C)C1. The Morgan fingerprint density at radius 3 is 2.63 bits per heavy atom. The molecule has 6 nitrogen and oxygen atoms in total. The standard InChI is InChI=1S/C12H19N3O3S/c1-8-3-4-9(5-8)14-12(16)11-6-10(7-15(11)2)19(13,17)18/h6-9H,3-5H2,1-2H3,(H,14,16)(H2,13,17,18). The number of carbonyl (C=O) groups is 1. The van der Waals surface area contributed by atoms with Crippen LogP contribution in [0.5, 0.6) is 0 Å². The van der Waals surface area contributed by atoms with Gasteiger partial charge in [-0.15, -0.1) is 0 Å². The molecule has 0 aliphatic heterocycles. The number of nitrogens with one attached hydrogen (secondary N) is 1. The van der Waals surface area contributed by atoms with Crippen molar-refractivity contribution in [3.05, 3.63) is 18.0 Å². The molecule has 1 aromatic heterocycles. The van der Waals surface area contributed by atoms with E-state index in [4.69, 9.17) is 5.14 Å². The molecule has 0 bridgehead atoms. The Hall–Kier alpha value is -1.34. The molecule has 0 radical (unpaired) electrons. The molecule has 1 aromatic rings. The Bertz CT molecular complexity index is 591. The molecular weight excluding hydrogens is 266 g/mol. The number of aromatic nitrogens is 1. The van der Waals surface area contributed by atoms with E-state index in [0.29, 0.717) is 11.6 Å². The van der Waals surface area contributed by atoms with Crippen molar-refractivity contribution in [2.24, 2.45) is 18.1 Å². The van der Waals surface area contributed by atoms with Gasteiger partial charge in [-0.3, -0.25) is 4.79 Å². The number of hydrogen-bond acceptors (Lipinski definition) is 3. The number of hydrogen-bond donors (Lipinski definition) is 2. The zero-order chi connectivity index (χ0) is 14.2. The Morgan fingerprint density at radius 1 is 1.47 bits per heavy atom. The predicted octanol–water partition coefficient (Wildman–Crippen LogP) is 0.591. The first-order valence-corrected chi connectivity index (χ1v) is 7.82. The minimum atomic E-state index is -3.77. The van der Waals surface area contributed by atoms with Crippen LogP contribution in [-0.4, -0.2) is 24.9 Å². The predicted molar refractivity (Wildman–Crippen MR) is 71.1 cm³/mol. The fourth-order valence-electron chi connectivity index (χ4n) is 2.51. The smallest absolute Gasteiger partial charge is 0.268 e. The van der Waals surface area contributed by atoms with E-state index in [0.717, 1.165) is 19.3 Å². The molecule has 1 saturated carbocycles. The third-order valence-corrected chi connectivity index (χ3v) is 4.45. The van der Waals surface area contributed by atoms with Crippen molar-refractivity contribution < 1.29 is 13.2 Å². The normalized spacial score (nSPS) is 23.5. The van der Waals surface area contributed by atoms with Gasteiger partial charge in [0.05, 0.1) is 0 Å². The summed E-state index contributed by atoms with van der Waals surface area (Å²) in [6, 6.07) is 1.48. The van der Waals surface area contributed by atoms with Crippen LogP contribution in [0.15, 0.2) is 17.2 Å². The molecule has 0 aromatic carbocycles. The van der Waals surface area contributed by atoms with Gasteiger partial charge < -0.3 is 9.88 Å². The highest BCUT2D eigenvalue weighted by Gasteiger charge is 2.24. The molecule has 1 amide bonds. The van der Waals surface area contributed by atoms with E-state index >= 15 is 0 Å². The van der Waals surface area contributed by atoms with E-state index in [2.05, 4.69) is 12.2 Å². The molecule has 0 spiro atoms. The van der Waals surface area contributed by atoms with E-state index in [-0.39, 0.29) is 16.8 Å². The van der Waals surface area contributed by atoms with Gasteiger partial charge in [-0.25, -0.2) is 13.6 Å². The summed E-state index contributed by atoms with van der Waals surface area (Å²) < 4.78 is 24.0. The first kappa shape index (κ1) is 14.1. The largest absolute Gasteiger partial charge is 0.348 e. The van der Waals surface area contributed by atoms with Gasteiger partial charge in [0.15, 0.2) is 0 Å². The van der Waals surface area contributed by atoms with Gasteiger partial charge in [-0.05, 0) is 31.2 Å². The van der Waals surface area contributed by atoms with Crippen LogP contribution in [-0.2, 0) is 17.1 Å². The number of sulfonamides is 1. The second-order valence-electron chi connectivity index (χ2n) is 5.31. The summed E-state index contributed by atoms with van der Waals surface area (Å²) in [5.74, 6) is 0.371. The molecular formula is C12H19N3O3S. The molecule has 2 atom stereocenters. The first-order chi connectivity index (χ1) is 8.77. The number of carbonyl (C=O) groups excluding carboxylic acids is 1. The highest BCUT2D eigenvalue weighted by molar-refractivity contribution is 7.89. The summed E-state index contributed by atoms with van der Waals surface area (Å²) >= 11 is 0. The fourth-order valence-corrected chi connectivity index (χ4v) is 3.09. The Labute approximate surface area is 113 Å². The topological polar surface area (TPSA) is 94.2 Å². The molecule has 1 aliphatic rings. The Morgan fingerprint density at radius 2 is 2.16 bits per heavy atom. The zero-order valence-corrected chi connectivity index (χ0v) is 11.9. The highest BCUT2D eigenvalue weighted by Crippen LogP contribution is 2.25. The molecule has 106 valence electrons. The Kier molecular flexibility index (Phi) is 3.69. The summed E-state index contributed by atoms with van der Waals surface area (Å²) in [5.41, 5.74) is 0.309. The van der Waals surface area contributed by atoms with Crippen LogP contribution in [0.1, 0.15) is 36.7 Å². The maximum absolute atomic E-state index is 12.1. The average molecular weight is 285 g/mol. The molecule has 19 heavy (non-hydrogen) atoms. The summed E-state index contributed by atoms with van der Waals surface area (Å²) in [7, 11) is -2.15. The van der Waals surface area contributed by atoms with Gasteiger partial charge in [0.25, 0.3) is 5.91 Å². The molecule has 1 heterocycles. The minimum absolute atomic E-state index is 0.0417. The van der Waals surface area contributed by atoms with Crippen LogP contribution in [0.25, 0.3) is 0 Å². The third-order valence-electron chi connectivity index (χ3n) is 3.57. The number of nitrogens with two attached hydrogens (primary N) is 1. The van der Waals surface area contributed by atoms with Gasteiger partial charge in [0.1, 0.15) is 10.6 Å². The number of aryl methyl sites for hydroxylation is 1. The van der Waals surface area contributed by atoms with Crippen molar-refractivity contribution in [2.75, 3.05) is 0 Å². The van der Waals surface area contributed by atoms with Crippen molar-refractivity contribution in [3.8, 4) is 0 Å². The lowest BCUT2D eigenvalue weighted by Crippen LogP contribution is -2.33. The van der Waals surface area contributed by atoms with Gasteiger partial charge in [-0.2, -0.15) is 0 Å². The van der Waals surface area contributed by atoms with Crippen LogP contribution in [0, 0.1) is 5.92 Å². The van der Waals surface area contributed by atoms with Gasteiger partial charge in [-0.1, -0.05) is 6.92 Å². The van der Waals surface area contributed by atoms with Crippen LogP contribution >= 0.6 is 0 Å². The fraction of sp³-hybridized carbons (Fsp3) is 0.583. The molecule has 7 heteroatoms. The second-order valence-corrected chi connectivity index (χ2v) is 6.87. The van der Waals surface area contributed by atoms with E-state index < -0.39 is 10.0 Å². The first-order valence-electron chi connectivity index (χ1n) is 6.27. The second kappa shape index (κ2) is 4.97. The minimum Gasteiger partial charge on any atom is -0.348 e. The summed E-state index contributed by atoms with van der Waals surface area (Å²) in [4.78, 5) is 12.1. The van der Waals surface area contributed by atoms with Crippen molar-refractivity contribution in [2.45, 2.75) is 37.1 Å². The lowest BCUT2D eigenvalue weighted by Gasteiger charge is -2.12. The highest BCUT2D eigenvalue weighted by atomic mass is 32.2. The number of amides is 1. The van der Waals surface area contributed by atoms with Crippen molar-refractivity contribution in [1.82, 2.24) is 9.88 Å². The summed E-state index contributed by atoms with van der Waals surface area (Å²) in [6.07, 6.45) is 4.40.